The van der Waals surface area contributed by atoms with Crippen LogP contribution >= 0.6 is 11.3 Å². The molecule has 0 aromatic carbocycles. The lowest BCUT2D eigenvalue weighted by molar-refractivity contribution is 0.0693. The molecule has 0 unspecified atom stereocenters. The molecule has 0 amide bonds. The lowest BCUT2D eigenvalue weighted by atomic mass is 10.2. The molecule has 0 aliphatic rings. The largest absolute Gasteiger partial charge is 0.478 e. The lowest BCUT2D eigenvalue weighted by Crippen LogP contribution is -2.18. The molecule has 0 saturated heterocycles. The topological polar surface area (TPSA) is 66.6 Å². The molecule has 0 radical (unpaired) electrons. The van der Waals surface area contributed by atoms with Crippen molar-refractivity contribution in [3.05, 3.63) is 40.2 Å². The Bertz CT molecular complexity index is 493. The van der Waals surface area contributed by atoms with Crippen molar-refractivity contribution < 1.29 is 14.3 Å². The minimum absolute atomic E-state index is 0.218. The van der Waals surface area contributed by atoms with E-state index in [0.29, 0.717) is 18.8 Å². The van der Waals surface area contributed by atoms with Gasteiger partial charge in [0, 0.05) is 11.9 Å². The van der Waals surface area contributed by atoms with Gasteiger partial charge in [-0.15, -0.1) is 11.3 Å². The van der Waals surface area contributed by atoms with Crippen LogP contribution in [0.5, 0.6) is 0 Å². The Hall–Kier alpha value is -1.66. The van der Waals surface area contributed by atoms with Gasteiger partial charge in [0.25, 0.3) is 0 Å². The molecule has 6 heteroatoms. The SMILES string of the molecule is CN(Cc1cscn1)Cc1occc1C(=O)O. The summed E-state index contributed by atoms with van der Waals surface area (Å²) in [6.45, 7) is 1.12. The van der Waals surface area contributed by atoms with E-state index in [1.54, 1.807) is 16.8 Å². The molecule has 1 N–H and O–H groups in total. The van der Waals surface area contributed by atoms with Crippen LogP contribution < -0.4 is 0 Å². The molecular weight excluding hydrogens is 240 g/mol. The molecule has 0 saturated carbocycles. The highest BCUT2D eigenvalue weighted by atomic mass is 32.1. The van der Waals surface area contributed by atoms with Gasteiger partial charge in [0.05, 0.1) is 24.0 Å². The van der Waals surface area contributed by atoms with Crippen LogP contribution in [0.2, 0.25) is 0 Å². The van der Waals surface area contributed by atoms with Crippen LogP contribution in [0.25, 0.3) is 0 Å². The second-order valence-electron chi connectivity index (χ2n) is 3.71. The fraction of sp³-hybridized carbons (Fsp3) is 0.273. The zero-order valence-corrected chi connectivity index (χ0v) is 10.1. The van der Waals surface area contributed by atoms with E-state index in [9.17, 15) is 4.79 Å². The van der Waals surface area contributed by atoms with Crippen LogP contribution in [-0.2, 0) is 13.1 Å². The van der Waals surface area contributed by atoms with Crippen LogP contribution in [-0.4, -0.2) is 28.0 Å². The smallest absolute Gasteiger partial charge is 0.339 e. The van der Waals surface area contributed by atoms with Crippen molar-refractivity contribution in [2.24, 2.45) is 0 Å². The number of hydrogen-bond donors (Lipinski definition) is 1. The average molecular weight is 252 g/mol. The predicted octanol–water partition coefficient (Wildman–Crippen LogP) is 2.07. The van der Waals surface area contributed by atoms with Gasteiger partial charge in [-0.2, -0.15) is 0 Å². The highest BCUT2D eigenvalue weighted by Crippen LogP contribution is 2.14. The summed E-state index contributed by atoms with van der Waals surface area (Å²) in [7, 11) is 1.90. The average Bonchev–Trinajstić information content (AvgIpc) is 2.88. The molecule has 0 atom stereocenters. The first kappa shape index (κ1) is 11.8. The maximum absolute atomic E-state index is 10.9. The van der Waals surface area contributed by atoms with E-state index in [-0.39, 0.29) is 5.56 Å². The maximum Gasteiger partial charge on any atom is 0.339 e. The van der Waals surface area contributed by atoms with Gasteiger partial charge >= 0.3 is 5.97 Å². The van der Waals surface area contributed by atoms with Gasteiger partial charge in [0.1, 0.15) is 11.3 Å². The number of nitrogens with zero attached hydrogens (tertiary/aromatic N) is 2. The van der Waals surface area contributed by atoms with E-state index in [1.807, 2.05) is 17.3 Å². The number of carboxylic acid groups (broad SMARTS) is 1. The van der Waals surface area contributed by atoms with Gasteiger partial charge in [-0.1, -0.05) is 0 Å². The van der Waals surface area contributed by atoms with Crippen molar-refractivity contribution in [2.45, 2.75) is 13.1 Å². The van der Waals surface area contributed by atoms with Crippen molar-refractivity contribution in [1.29, 1.82) is 0 Å². The molecule has 0 aliphatic heterocycles. The van der Waals surface area contributed by atoms with E-state index in [2.05, 4.69) is 4.98 Å². The van der Waals surface area contributed by atoms with Crippen LogP contribution in [0.1, 0.15) is 21.8 Å². The molecule has 0 aliphatic carbocycles. The Balaban J connectivity index is 2.00. The monoisotopic (exact) mass is 252 g/mol. The molecule has 0 spiro atoms. The Kier molecular flexibility index (Phi) is 3.55. The van der Waals surface area contributed by atoms with Gasteiger partial charge in [0.15, 0.2) is 0 Å². The number of rotatable bonds is 5. The molecule has 17 heavy (non-hydrogen) atoms. The van der Waals surface area contributed by atoms with E-state index in [4.69, 9.17) is 9.52 Å². The summed E-state index contributed by atoms with van der Waals surface area (Å²) in [6, 6.07) is 1.47. The van der Waals surface area contributed by atoms with Crippen molar-refractivity contribution in [2.75, 3.05) is 7.05 Å². The van der Waals surface area contributed by atoms with Crippen LogP contribution in [0.15, 0.2) is 27.6 Å². The van der Waals surface area contributed by atoms with Gasteiger partial charge in [0.2, 0.25) is 0 Å². The molecule has 90 valence electrons. The molecule has 0 bridgehead atoms. The maximum atomic E-state index is 10.9. The third kappa shape index (κ3) is 2.92. The number of furan rings is 1. The summed E-state index contributed by atoms with van der Waals surface area (Å²) in [4.78, 5) is 17.0. The molecule has 2 heterocycles. The zero-order valence-electron chi connectivity index (χ0n) is 9.29. The highest BCUT2D eigenvalue weighted by Gasteiger charge is 2.15. The molecular formula is C11H12N2O3S. The van der Waals surface area contributed by atoms with Gasteiger partial charge in [-0.3, -0.25) is 4.90 Å². The summed E-state index contributed by atoms with van der Waals surface area (Å²) in [5, 5.41) is 10.9. The highest BCUT2D eigenvalue weighted by molar-refractivity contribution is 7.07. The third-order valence-corrected chi connectivity index (χ3v) is 2.94. The van der Waals surface area contributed by atoms with Crippen molar-refractivity contribution in [3.63, 3.8) is 0 Å². The summed E-state index contributed by atoms with van der Waals surface area (Å²) in [5.74, 6) is -0.494. The summed E-state index contributed by atoms with van der Waals surface area (Å²) in [6.07, 6.45) is 1.40. The fourth-order valence-corrected chi connectivity index (χ4v) is 2.10. The number of thiazole rings is 1. The normalized spacial score (nSPS) is 10.9. The Morgan fingerprint density at radius 2 is 2.41 bits per heavy atom. The van der Waals surface area contributed by atoms with Crippen LogP contribution in [0, 0.1) is 0 Å². The lowest BCUT2D eigenvalue weighted by Gasteiger charge is -2.13. The van der Waals surface area contributed by atoms with Crippen molar-refractivity contribution in [3.8, 4) is 0 Å². The van der Waals surface area contributed by atoms with Crippen LogP contribution in [0.4, 0.5) is 0 Å². The standard InChI is InChI=1S/C11H12N2O3S/c1-13(4-8-6-17-7-12-8)5-10-9(11(14)15)2-3-16-10/h2-3,6-7H,4-5H2,1H3,(H,14,15). The summed E-state index contributed by atoms with van der Waals surface area (Å²) in [5.41, 5.74) is 2.97. The second-order valence-corrected chi connectivity index (χ2v) is 4.43. The fourth-order valence-electron chi connectivity index (χ4n) is 1.55. The number of hydrogen-bond acceptors (Lipinski definition) is 5. The second kappa shape index (κ2) is 5.11. The van der Waals surface area contributed by atoms with Crippen LogP contribution in [0.3, 0.4) is 0 Å². The minimum Gasteiger partial charge on any atom is -0.478 e. The number of aromatic carboxylic acids is 1. The van der Waals surface area contributed by atoms with Crippen molar-refractivity contribution >= 4 is 17.3 Å². The predicted molar refractivity (Wildman–Crippen MR) is 63.0 cm³/mol. The number of carboxylic acids is 1. The van der Waals surface area contributed by atoms with E-state index < -0.39 is 5.97 Å². The van der Waals surface area contributed by atoms with Gasteiger partial charge < -0.3 is 9.52 Å². The quantitative estimate of drug-likeness (QED) is 0.882. The first-order valence-corrected chi connectivity index (χ1v) is 5.96. The third-order valence-electron chi connectivity index (χ3n) is 2.30. The van der Waals surface area contributed by atoms with Gasteiger partial charge in [-0.05, 0) is 13.1 Å². The van der Waals surface area contributed by atoms with E-state index >= 15 is 0 Å². The number of carbonyl (C=O) groups is 1. The van der Waals surface area contributed by atoms with Gasteiger partial charge in [-0.25, -0.2) is 9.78 Å². The summed E-state index contributed by atoms with van der Waals surface area (Å²) >= 11 is 1.54. The first-order valence-electron chi connectivity index (χ1n) is 5.02. The molecule has 0 fully saturated rings. The Morgan fingerprint density at radius 1 is 1.59 bits per heavy atom. The van der Waals surface area contributed by atoms with E-state index in [0.717, 1.165) is 5.69 Å². The Labute approximate surface area is 102 Å². The minimum atomic E-state index is -0.962. The molecule has 2 aromatic heterocycles. The zero-order chi connectivity index (χ0) is 12.3. The molecule has 2 rings (SSSR count). The molecule has 2 aromatic rings. The first-order chi connectivity index (χ1) is 8.16. The Morgan fingerprint density at radius 3 is 3.06 bits per heavy atom. The summed E-state index contributed by atoms with van der Waals surface area (Å²) < 4.78 is 5.18. The molecule has 5 nitrogen and oxygen atoms in total. The van der Waals surface area contributed by atoms with E-state index in [1.165, 1.54) is 12.3 Å². The van der Waals surface area contributed by atoms with Crippen molar-refractivity contribution in [1.82, 2.24) is 9.88 Å². The number of aromatic nitrogens is 1.